The number of carboxylic acid groups (broad SMARTS) is 1. The van der Waals surface area contributed by atoms with E-state index in [-0.39, 0.29) is 5.56 Å². The van der Waals surface area contributed by atoms with E-state index in [2.05, 4.69) is 11.9 Å². The number of rotatable bonds is 7. The quantitative estimate of drug-likeness (QED) is 0.590. The largest absolute Gasteiger partial charge is 0.478 e. The number of ether oxygens (including phenoxy) is 1. The molecule has 0 aliphatic rings. The number of hydrogen-bond acceptors (Lipinski definition) is 3. The second kappa shape index (κ2) is 7.03. The lowest BCUT2D eigenvalue weighted by Crippen LogP contribution is -2.13. The van der Waals surface area contributed by atoms with Crippen LogP contribution in [0.4, 0.5) is 5.69 Å². The zero-order valence-electron chi connectivity index (χ0n) is 10.2. The summed E-state index contributed by atoms with van der Waals surface area (Å²) < 4.78 is 5.31. The molecule has 0 saturated heterocycles. The van der Waals surface area contributed by atoms with Crippen LogP contribution in [-0.4, -0.2) is 30.8 Å². The molecule has 1 rings (SSSR count). The Hall–Kier alpha value is -1.52. The minimum Gasteiger partial charge on any atom is -0.478 e. The lowest BCUT2D eigenvalue weighted by Gasteiger charge is -2.10. The van der Waals surface area contributed by atoms with Crippen LogP contribution in [-0.2, 0) is 4.74 Å². The SMILES string of the molecule is C=C(C)COCCNc1ccc(Cl)cc1C(=O)O. The van der Waals surface area contributed by atoms with Crippen LogP contribution in [0.5, 0.6) is 0 Å². The van der Waals surface area contributed by atoms with Crippen LogP contribution < -0.4 is 5.32 Å². The first-order chi connectivity index (χ1) is 8.50. The molecule has 0 fully saturated rings. The van der Waals surface area contributed by atoms with Crippen molar-refractivity contribution in [1.29, 1.82) is 0 Å². The Bertz CT molecular complexity index is 446. The molecule has 4 nitrogen and oxygen atoms in total. The van der Waals surface area contributed by atoms with Crippen LogP contribution in [0, 0.1) is 0 Å². The van der Waals surface area contributed by atoms with Crippen LogP contribution in [0.15, 0.2) is 30.4 Å². The molecule has 0 amide bonds. The van der Waals surface area contributed by atoms with E-state index in [0.717, 1.165) is 5.57 Å². The molecule has 0 aliphatic carbocycles. The van der Waals surface area contributed by atoms with E-state index in [1.165, 1.54) is 6.07 Å². The van der Waals surface area contributed by atoms with Crippen molar-refractivity contribution in [3.8, 4) is 0 Å². The van der Waals surface area contributed by atoms with Crippen molar-refractivity contribution < 1.29 is 14.6 Å². The monoisotopic (exact) mass is 269 g/mol. The lowest BCUT2D eigenvalue weighted by molar-refractivity contribution is 0.0698. The van der Waals surface area contributed by atoms with E-state index in [4.69, 9.17) is 21.4 Å². The van der Waals surface area contributed by atoms with Gasteiger partial charge in [-0.15, -0.1) is 0 Å². The minimum absolute atomic E-state index is 0.155. The summed E-state index contributed by atoms with van der Waals surface area (Å²) >= 11 is 5.75. The number of benzene rings is 1. The van der Waals surface area contributed by atoms with Crippen LogP contribution in [0.25, 0.3) is 0 Å². The maximum absolute atomic E-state index is 11.0. The molecule has 1 aromatic carbocycles. The lowest BCUT2D eigenvalue weighted by atomic mass is 10.2. The summed E-state index contributed by atoms with van der Waals surface area (Å²) in [7, 11) is 0. The fourth-order valence-electron chi connectivity index (χ4n) is 1.35. The number of nitrogens with one attached hydrogen (secondary N) is 1. The smallest absolute Gasteiger partial charge is 0.337 e. The molecule has 2 N–H and O–H groups in total. The summed E-state index contributed by atoms with van der Waals surface area (Å²) in [5, 5.41) is 12.4. The standard InChI is InChI=1S/C13H16ClNO3/c1-9(2)8-18-6-5-15-12-4-3-10(14)7-11(12)13(16)17/h3-4,7,15H,1,5-6,8H2,2H3,(H,16,17). The summed E-state index contributed by atoms with van der Waals surface area (Å²) in [6.45, 7) is 7.12. The predicted octanol–water partition coefficient (Wildman–Crippen LogP) is 3.04. The third-order valence-electron chi connectivity index (χ3n) is 2.12. The van der Waals surface area contributed by atoms with Gasteiger partial charge in [0.05, 0.1) is 18.8 Å². The van der Waals surface area contributed by atoms with Gasteiger partial charge in [0.15, 0.2) is 0 Å². The summed E-state index contributed by atoms with van der Waals surface area (Å²) in [5.74, 6) is -1.01. The van der Waals surface area contributed by atoms with Crippen LogP contribution in [0.1, 0.15) is 17.3 Å². The van der Waals surface area contributed by atoms with Gasteiger partial charge in [-0.05, 0) is 25.1 Å². The van der Waals surface area contributed by atoms with Crippen molar-refractivity contribution in [1.82, 2.24) is 0 Å². The molecule has 0 bridgehead atoms. The van der Waals surface area contributed by atoms with Gasteiger partial charge in [-0.1, -0.05) is 23.8 Å². The molecular formula is C13H16ClNO3. The highest BCUT2D eigenvalue weighted by molar-refractivity contribution is 6.31. The first-order valence-electron chi connectivity index (χ1n) is 5.49. The molecule has 0 aliphatic heterocycles. The zero-order valence-corrected chi connectivity index (χ0v) is 11.0. The van der Waals surface area contributed by atoms with Gasteiger partial charge in [-0.25, -0.2) is 4.79 Å². The van der Waals surface area contributed by atoms with Crippen molar-refractivity contribution in [3.63, 3.8) is 0 Å². The highest BCUT2D eigenvalue weighted by Gasteiger charge is 2.09. The van der Waals surface area contributed by atoms with E-state index >= 15 is 0 Å². The molecule has 0 spiro atoms. The zero-order chi connectivity index (χ0) is 13.5. The van der Waals surface area contributed by atoms with Gasteiger partial charge in [0, 0.05) is 17.3 Å². The average Bonchev–Trinajstić information content (AvgIpc) is 2.29. The summed E-state index contributed by atoms with van der Waals surface area (Å²) in [5.41, 5.74) is 1.64. The first kappa shape index (κ1) is 14.5. The Kier molecular flexibility index (Phi) is 5.68. The number of carboxylic acids is 1. The number of anilines is 1. The molecule has 5 heteroatoms. The van der Waals surface area contributed by atoms with Gasteiger partial charge in [0.2, 0.25) is 0 Å². The van der Waals surface area contributed by atoms with Crippen molar-refractivity contribution in [3.05, 3.63) is 40.9 Å². The molecule has 0 aromatic heterocycles. The fraction of sp³-hybridized carbons (Fsp3) is 0.308. The molecule has 0 heterocycles. The van der Waals surface area contributed by atoms with Crippen molar-refractivity contribution in [2.75, 3.05) is 25.1 Å². The second-order valence-corrected chi connectivity index (χ2v) is 4.37. The molecule has 0 unspecified atom stereocenters. The van der Waals surface area contributed by atoms with Crippen LogP contribution in [0.3, 0.4) is 0 Å². The van der Waals surface area contributed by atoms with Gasteiger partial charge in [-0.2, -0.15) is 0 Å². The molecule has 18 heavy (non-hydrogen) atoms. The van der Waals surface area contributed by atoms with E-state index in [1.807, 2.05) is 6.92 Å². The Labute approximate surface area is 111 Å². The second-order valence-electron chi connectivity index (χ2n) is 3.93. The summed E-state index contributed by atoms with van der Waals surface area (Å²) in [6.07, 6.45) is 0. The van der Waals surface area contributed by atoms with E-state index in [1.54, 1.807) is 12.1 Å². The van der Waals surface area contributed by atoms with Gasteiger partial charge < -0.3 is 15.2 Å². The van der Waals surface area contributed by atoms with Crippen molar-refractivity contribution in [2.24, 2.45) is 0 Å². The van der Waals surface area contributed by atoms with Crippen LogP contribution in [0.2, 0.25) is 5.02 Å². The molecular weight excluding hydrogens is 254 g/mol. The third-order valence-corrected chi connectivity index (χ3v) is 2.36. The highest BCUT2D eigenvalue weighted by Crippen LogP contribution is 2.20. The predicted molar refractivity (Wildman–Crippen MR) is 72.5 cm³/mol. The molecule has 0 saturated carbocycles. The van der Waals surface area contributed by atoms with Gasteiger partial charge >= 0.3 is 5.97 Å². The molecule has 0 radical (unpaired) electrons. The highest BCUT2D eigenvalue weighted by atomic mass is 35.5. The van der Waals surface area contributed by atoms with Crippen molar-refractivity contribution in [2.45, 2.75) is 6.92 Å². The molecule has 0 atom stereocenters. The van der Waals surface area contributed by atoms with Crippen LogP contribution >= 0.6 is 11.6 Å². The normalized spacial score (nSPS) is 10.1. The fourth-order valence-corrected chi connectivity index (χ4v) is 1.52. The van der Waals surface area contributed by atoms with Crippen molar-refractivity contribution >= 4 is 23.3 Å². The molecule has 98 valence electrons. The number of hydrogen-bond donors (Lipinski definition) is 2. The van der Waals surface area contributed by atoms with Gasteiger partial charge in [0.25, 0.3) is 0 Å². The minimum atomic E-state index is -1.01. The average molecular weight is 270 g/mol. The van der Waals surface area contributed by atoms with E-state index in [9.17, 15) is 4.79 Å². The topological polar surface area (TPSA) is 58.6 Å². The third kappa shape index (κ3) is 4.77. The molecule has 1 aromatic rings. The maximum atomic E-state index is 11.0. The van der Waals surface area contributed by atoms with E-state index in [0.29, 0.717) is 30.5 Å². The summed E-state index contributed by atoms with van der Waals surface area (Å²) in [4.78, 5) is 11.0. The number of carbonyl (C=O) groups is 1. The Balaban J connectivity index is 2.51. The Morgan fingerprint density at radius 1 is 1.56 bits per heavy atom. The van der Waals surface area contributed by atoms with Gasteiger partial charge in [-0.3, -0.25) is 0 Å². The first-order valence-corrected chi connectivity index (χ1v) is 5.87. The van der Waals surface area contributed by atoms with E-state index < -0.39 is 5.97 Å². The number of halogens is 1. The van der Waals surface area contributed by atoms with Gasteiger partial charge in [0.1, 0.15) is 0 Å². The Morgan fingerprint density at radius 2 is 2.28 bits per heavy atom. The Morgan fingerprint density at radius 3 is 2.89 bits per heavy atom. The summed E-state index contributed by atoms with van der Waals surface area (Å²) in [6, 6.07) is 4.70. The maximum Gasteiger partial charge on any atom is 0.337 e. The number of aromatic carboxylic acids is 1.